The maximum atomic E-state index is 3.40. The molecule has 1 atom stereocenters. The number of rotatable bonds is 3. The second-order valence-electron chi connectivity index (χ2n) is 3.96. The molecular weight excluding hydrogens is 204 g/mol. The van der Waals surface area contributed by atoms with Gasteiger partial charge in [0.2, 0.25) is 0 Å². The predicted octanol–water partition coefficient (Wildman–Crippen LogP) is 2.21. The largest absolute Gasteiger partial charge is 0.370 e. The van der Waals surface area contributed by atoms with E-state index in [4.69, 9.17) is 0 Å². The lowest BCUT2D eigenvalue weighted by molar-refractivity contribution is 0.685. The van der Waals surface area contributed by atoms with Gasteiger partial charge >= 0.3 is 0 Å². The van der Waals surface area contributed by atoms with Crippen molar-refractivity contribution in [1.82, 2.24) is 5.32 Å². The van der Waals surface area contributed by atoms with Crippen molar-refractivity contribution < 1.29 is 0 Å². The van der Waals surface area contributed by atoms with E-state index < -0.39 is 0 Å². The zero-order valence-corrected chi connectivity index (χ0v) is 10.2. The Balaban J connectivity index is 2.07. The molecule has 1 N–H and O–H groups in total. The van der Waals surface area contributed by atoms with Gasteiger partial charge in [0.25, 0.3) is 0 Å². The Kier molecular flexibility index (Phi) is 3.54. The van der Waals surface area contributed by atoms with Crippen LogP contribution < -0.4 is 10.2 Å². The Morgan fingerprint density at radius 3 is 2.60 bits per heavy atom. The molecule has 1 saturated heterocycles. The van der Waals surface area contributed by atoms with Gasteiger partial charge in [0, 0.05) is 30.2 Å². The Hall–Kier alpha value is -0.670. The second kappa shape index (κ2) is 4.90. The van der Waals surface area contributed by atoms with E-state index in [9.17, 15) is 0 Å². The van der Waals surface area contributed by atoms with Crippen molar-refractivity contribution in [3.8, 4) is 0 Å². The number of nitrogens with one attached hydrogen (secondary N) is 1. The molecule has 82 valence electrons. The van der Waals surface area contributed by atoms with Crippen molar-refractivity contribution in [3.05, 3.63) is 24.3 Å². The number of thioether (sulfide) groups is 1. The van der Waals surface area contributed by atoms with E-state index >= 15 is 0 Å². The van der Waals surface area contributed by atoms with Crippen LogP contribution in [0.25, 0.3) is 0 Å². The van der Waals surface area contributed by atoms with Crippen molar-refractivity contribution in [3.63, 3.8) is 0 Å². The number of hydrogen-bond acceptors (Lipinski definition) is 3. The molecule has 0 bridgehead atoms. The summed E-state index contributed by atoms with van der Waals surface area (Å²) in [6, 6.07) is 9.47. The van der Waals surface area contributed by atoms with Crippen LogP contribution in [0.1, 0.15) is 6.42 Å². The molecule has 0 amide bonds. The van der Waals surface area contributed by atoms with Gasteiger partial charge in [0.15, 0.2) is 0 Å². The van der Waals surface area contributed by atoms with Gasteiger partial charge < -0.3 is 10.2 Å². The molecule has 1 aromatic rings. The molecule has 1 aliphatic heterocycles. The maximum absolute atomic E-state index is 3.40. The third kappa shape index (κ3) is 2.47. The summed E-state index contributed by atoms with van der Waals surface area (Å²) in [7, 11) is 2.19. The third-order valence-electron chi connectivity index (χ3n) is 3.06. The summed E-state index contributed by atoms with van der Waals surface area (Å²) in [5.41, 5.74) is 1.32. The minimum absolute atomic E-state index is 0.658. The smallest absolute Gasteiger partial charge is 0.0423 e. The Morgan fingerprint density at radius 1 is 1.33 bits per heavy atom. The monoisotopic (exact) mass is 222 g/mol. The van der Waals surface area contributed by atoms with E-state index in [2.05, 4.69) is 47.8 Å². The summed E-state index contributed by atoms with van der Waals surface area (Å²) in [6.07, 6.45) is 3.36. The molecule has 2 rings (SSSR count). The summed E-state index contributed by atoms with van der Waals surface area (Å²) in [5, 5.41) is 3.40. The van der Waals surface area contributed by atoms with E-state index in [1.165, 1.54) is 17.0 Å². The van der Waals surface area contributed by atoms with Crippen molar-refractivity contribution in [1.29, 1.82) is 0 Å². The normalized spacial score (nSPS) is 20.5. The molecule has 0 aromatic heterocycles. The van der Waals surface area contributed by atoms with Gasteiger partial charge in [0.1, 0.15) is 0 Å². The van der Waals surface area contributed by atoms with E-state index in [1.54, 1.807) is 11.8 Å². The fourth-order valence-electron chi connectivity index (χ4n) is 2.00. The summed E-state index contributed by atoms with van der Waals surface area (Å²) in [4.78, 5) is 3.71. The molecule has 0 radical (unpaired) electrons. The van der Waals surface area contributed by atoms with Crippen LogP contribution in [-0.2, 0) is 0 Å². The highest BCUT2D eigenvalue weighted by Crippen LogP contribution is 2.22. The standard InChI is InChI=1S/C12H18N2S/c1-14(11-7-8-13-9-11)10-3-5-12(15-2)6-4-10/h3-6,11,13H,7-9H2,1-2H3. The van der Waals surface area contributed by atoms with Crippen LogP contribution in [0.5, 0.6) is 0 Å². The Labute approximate surface area is 96.0 Å². The lowest BCUT2D eigenvalue weighted by Gasteiger charge is -2.26. The van der Waals surface area contributed by atoms with Gasteiger partial charge in [0.05, 0.1) is 0 Å². The van der Waals surface area contributed by atoms with Crippen molar-refractivity contribution in [2.45, 2.75) is 17.4 Å². The van der Waals surface area contributed by atoms with Crippen molar-refractivity contribution in [2.24, 2.45) is 0 Å². The SMILES string of the molecule is CSc1ccc(N(C)C2CCNC2)cc1. The van der Waals surface area contributed by atoms with Gasteiger partial charge in [-0.15, -0.1) is 11.8 Å². The highest BCUT2D eigenvalue weighted by Gasteiger charge is 2.19. The summed E-state index contributed by atoms with van der Waals surface area (Å²) >= 11 is 1.79. The summed E-state index contributed by atoms with van der Waals surface area (Å²) in [6.45, 7) is 2.26. The van der Waals surface area contributed by atoms with E-state index in [1.807, 2.05) is 0 Å². The zero-order valence-electron chi connectivity index (χ0n) is 9.36. The first kappa shape index (κ1) is 10.8. The lowest BCUT2D eigenvalue weighted by atomic mass is 10.2. The first-order chi connectivity index (χ1) is 7.31. The van der Waals surface area contributed by atoms with Gasteiger partial charge in [-0.1, -0.05) is 0 Å². The summed E-state index contributed by atoms with van der Waals surface area (Å²) < 4.78 is 0. The van der Waals surface area contributed by atoms with E-state index in [-0.39, 0.29) is 0 Å². The molecule has 1 aromatic carbocycles. The maximum Gasteiger partial charge on any atom is 0.0423 e. The average Bonchev–Trinajstić information content (AvgIpc) is 2.82. The molecule has 0 aliphatic carbocycles. The predicted molar refractivity (Wildman–Crippen MR) is 67.9 cm³/mol. The quantitative estimate of drug-likeness (QED) is 0.789. The zero-order chi connectivity index (χ0) is 10.7. The van der Waals surface area contributed by atoms with Crippen LogP contribution in [0.3, 0.4) is 0 Å². The van der Waals surface area contributed by atoms with Gasteiger partial charge in [-0.25, -0.2) is 0 Å². The molecule has 15 heavy (non-hydrogen) atoms. The fraction of sp³-hybridized carbons (Fsp3) is 0.500. The number of benzene rings is 1. The number of nitrogens with zero attached hydrogens (tertiary/aromatic N) is 1. The Bertz CT molecular complexity index is 304. The highest BCUT2D eigenvalue weighted by molar-refractivity contribution is 7.98. The van der Waals surface area contributed by atoms with Crippen LogP contribution >= 0.6 is 11.8 Å². The second-order valence-corrected chi connectivity index (χ2v) is 4.84. The van der Waals surface area contributed by atoms with E-state index in [0.29, 0.717) is 6.04 Å². The van der Waals surface area contributed by atoms with Crippen LogP contribution in [0.15, 0.2) is 29.2 Å². The van der Waals surface area contributed by atoms with E-state index in [0.717, 1.165) is 13.1 Å². The molecule has 0 spiro atoms. The molecule has 2 nitrogen and oxygen atoms in total. The minimum atomic E-state index is 0.658. The highest BCUT2D eigenvalue weighted by atomic mass is 32.2. The molecular formula is C12H18N2S. The first-order valence-electron chi connectivity index (χ1n) is 5.39. The fourth-order valence-corrected chi connectivity index (χ4v) is 2.41. The van der Waals surface area contributed by atoms with Crippen LogP contribution in [-0.4, -0.2) is 32.4 Å². The topological polar surface area (TPSA) is 15.3 Å². The molecule has 1 unspecified atom stereocenters. The lowest BCUT2D eigenvalue weighted by Crippen LogP contribution is -2.33. The van der Waals surface area contributed by atoms with Gasteiger partial charge in [-0.3, -0.25) is 0 Å². The van der Waals surface area contributed by atoms with Crippen molar-refractivity contribution >= 4 is 17.4 Å². The minimum Gasteiger partial charge on any atom is -0.370 e. The van der Waals surface area contributed by atoms with Crippen LogP contribution in [0.2, 0.25) is 0 Å². The van der Waals surface area contributed by atoms with Crippen LogP contribution in [0, 0.1) is 0 Å². The van der Waals surface area contributed by atoms with Gasteiger partial charge in [-0.2, -0.15) is 0 Å². The molecule has 1 aliphatic rings. The Morgan fingerprint density at radius 2 is 2.07 bits per heavy atom. The molecule has 1 heterocycles. The van der Waals surface area contributed by atoms with Crippen molar-refractivity contribution in [2.75, 3.05) is 31.3 Å². The molecule has 0 saturated carbocycles. The number of hydrogen-bond donors (Lipinski definition) is 1. The van der Waals surface area contributed by atoms with Gasteiger partial charge in [-0.05, 0) is 43.5 Å². The average molecular weight is 222 g/mol. The number of anilines is 1. The number of likely N-dealkylation sites (N-methyl/N-ethyl adjacent to an activating group) is 1. The molecule has 3 heteroatoms. The van der Waals surface area contributed by atoms with Crippen LogP contribution in [0.4, 0.5) is 5.69 Å². The summed E-state index contributed by atoms with van der Waals surface area (Å²) in [5.74, 6) is 0. The molecule has 1 fully saturated rings. The first-order valence-corrected chi connectivity index (χ1v) is 6.61. The third-order valence-corrected chi connectivity index (χ3v) is 3.81.